The molecule has 0 saturated carbocycles. The molecule has 0 saturated heterocycles. The van der Waals surface area contributed by atoms with E-state index in [4.69, 9.17) is 4.42 Å². The van der Waals surface area contributed by atoms with Crippen LogP contribution in [-0.4, -0.2) is 16.1 Å². The first-order chi connectivity index (χ1) is 8.69. The van der Waals surface area contributed by atoms with Crippen LogP contribution >= 0.6 is 0 Å². The monoisotopic (exact) mass is 245 g/mol. The lowest BCUT2D eigenvalue weighted by Gasteiger charge is -1.97. The van der Waals surface area contributed by atoms with Crippen LogP contribution in [-0.2, 0) is 4.79 Å². The van der Waals surface area contributed by atoms with Gasteiger partial charge in [0.05, 0.1) is 0 Å². The number of aromatic nitrogens is 2. The van der Waals surface area contributed by atoms with Crippen LogP contribution in [0.15, 0.2) is 28.7 Å². The molecule has 2 rings (SSSR count). The Morgan fingerprint density at radius 3 is 2.67 bits per heavy atom. The molecule has 0 bridgehead atoms. The van der Waals surface area contributed by atoms with Gasteiger partial charge in [-0.25, -0.2) is 0 Å². The second kappa shape index (κ2) is 5.44. The van der Waals surface area contributed by atoms with E-state index >= 15 is 0 Å². The van der Waals surface area contributed by atoms with Crippen LogP contribution in [0.25, 0.3) is 11.5 Å². The second-order valence-electron chi connectivity index (χ2n) is 4.08. The average molecular weight is 245 g/mol. The van der Waals surface area contributed by atoms with Gasteiger partial charge in [-0.15, -0.1) is 5.10 Å². The number of amides is 1. The summed E-state index contributed by atoms with van der Waals surface area (Å²) in [5.41, 5.74) is 2.00. The minimum absolute atomic E-state index is 0.114. The van der Waals surface area contributed by atoms with E-state index in [-0.39, 0.29) is 11.9 Å². The van der Waals surface area contributed by atoms with Crippen molar-refractivity contribution in [2.75, 3.05) is 5.32 Å². The zero-order valence-corrected chi connectivity index (χ0v) is 10.4. The van der Waals surface area contributed by atoms with Gasteiger partial charge >= 0.3 is 6.01 Å². The lowest BCUT2D eigenvalue weighted by Crippen LogP contribution is -2.10. The first kappa shape index (κ1) is 12.3. The van der Waals surface area contributed by atoms with E-state index in [0.29, 0.717) is 12.3 Å². The van der Waals surface area contributed by atoms with Crippen molar-refractivity contribution in [1.82, 2.24) is 10.2 Å². The Kier molecular flexibility index (Phi) is 3.72. The van der Waals surface area contributed by atoms with E-state index in [1.807, 2.05) is 38.1 Å². The van der Waals surface area contributed by atoms with Crippen LogP contribution in [0.4, 0.5) is 6.01 Å². The van der Waals surface area contributed by atoms with Gasteiger partial charge in [0, 0.05) is 12.0 Å². The smallest absolute Gasteiger partial charge is 0.322 e. The van der Waals surface area contributed by atoms with E-state index in [1.165, 1.54) is 0 Å². The van der Waals surface area contributed by atoms with Crippen LogP contribution in [0.5, 0.6) is 0 Å². The largest absolute Gasteiger partial charge is 0.403 e. The average Bonchev–Trinajstić information content (AvgIpc) is 2.78. The Morgan fingerprint density at radius 1 is 1.28 bits per heavy atom. The predicted octanol–water partition coefficient (Wildman–Crippen LogP) is 2.78. The van der Waals surface area contributed by atoms with E-state index in [9.17, 15) is 4.79 Å². The second-order valence-corrected chi connectivity index (χ2v) is 4.08. The van der Waals surface area contributed by atoms with Crippen LogP contribution in [0.2, 0.25) is 0 Å². The summed E-state index contributed by atoms with van der Waals surface area (Å²) in [5, 5.41) is 10.3. The van der Waals surface area contributed by atoms with Gasteiger partial charge in [0.15, 0.2) is 0 Å². The Bertz CT molecular complexity index is 531. The molecule has 18 heavy (non-hydrogen) atoms. The third-order valence-corrected chi connectivity index (χ3v) is 2.45. The summed E-state index contributed by atoms with van der Waals surface area (Å²) in [7, 11) is 0. The molecule has 5 heteroatoms. The maximum absolute atomic E-state index is 11.4. The Morgan fingerprint density at radius 2 is 2.00 bits per heavy atom. The van der Waals surface area contributed by atoms with E-state index in [1.54, 1.807) is 0 Å². The fraction of sp³-hybridized carbons (Fsp3) is 0.308. The van der Waals surface area contributed by atoms with Crippen LogP contribution < -0.4 is 5.32 Å². The number of rotatable bonds is 4. The maximum Gasteiger partial charge on any atom is 0.322 e. The molecule has 1 heterocycles. The Hall–Kier alpha value is -2.17. The highest BCUT2D eigenvalue weighted by molar-refractivity contribution is 5.88. The third-order valence-electron chi connectivity index (χ3n) is 2.45. The van der Waals surface area contributed by atoms with Crippen molar-refractivity contribution in [1.29, 1.82) is 0 Å². The Labute approximate surface area is 105 Å². The van der Waals surface area contributed by atoms with Gasteiger partial charge in [0.1, 0.15) is 0 Å². The number of hydrogen-bond acceptors (Lipinski definition) is 4. The zero-order valence-electron chi connectivity index (χ0n) is 10.4. The molecule has 0 aliphatic rings. The third kappa shape index (κ3) is 2.94. The molecule has 0 aliphatic heterocycles. The molecule has 1 amide bonds. The zero-order chi connectivity index (χ0) is 13.0. The van der Waals surface area contributed by atoms with E-state index in [2.05, 4.69) is 15.5 Å². The van der Waals surface area contributed by atoms with Crippen molar-refractivity contribution in [2.24, 2.45) is 0 Å². The van der Waals surface area contributed by atoms with Gasteiger partial charge in [0.2, 0.25) is 11.8 Å². The first-order valence-electron chi connectivity index (χ1n) is 5.89. The molecule has 0 atom stereocenters. The van der Waals surface area contributed by atoms with Gasteiger partial charge in [-0.2, -0.15) is 0 Å². The number of benzene rings is 1. The number of aryl methyl sites for hydroxylation is 1. The molecule has 0 aliphatic carbocycles. The van der Waals surface area contributed by atoms with Crippen LogP contribution in [0, 0.1) is 6.92 Å². The van der Waals surface area contributed by atoms with Crippen LogP contribution in [0.1, 0.15) is 25.3 Å². The summed E-state index contributed by atoms with van der Waals surface area (Å²) in [6, 6.07) is 7.88. The molecule has 2 aromatic rings. The molecule has 1 aromatic heterocycles. The summed E-state index contributed by atoms with van der Waals surface area (Å²) in [6.07, 6.45) is 1.23. The number of nitrogens with zero attached hydrogens (tertiary/aromatic N) is 2. The predicted molar refractivity (Wildman–Crippen MR) is 68.0 cm³/mol. The van der Waals surface area contributed by atoms with Gasteiger partial charge in [-0.3, -0.25) is 10.1 Å². The number of hydrogen-bond donors (Lipinski definition) is 1. The van der Waals surface area contributed by atoms with Gasteiger partial charge in [-0.05, 0) is 25.5 Å². The number of carbonyl (C=O) groups excluding carboxylic acids is 1. The van der Waals surface area contributed by atoms with Crippen molar-refractivity contribution >= 4 is 11.9 Å². The summed E-state index contributed by atoms with van der Waals surface area (Å²) < 4.78 is 5.37. The van der Waals surface area contributed by atoms with Crippen molar-refractivity contribution in [3.05, 3.63) is 29.8 Å². The first-order valence-corrected chi connectivity index (χ1v) is 5.89. The fourth-order valence-electron chi connectivity index (χ4n) is 1.50. The number of nitrogens with one attached hydrogen (secondary N) is 1. The molecule has 94 valence electrons. The lowest BCUT2D eigenvalue weighted by atomic mass is 10.1. The highest BCUT2D eigenvalue weighted by atomic mass is 16.4. The minimum Gasteiger partial charge on any atom is -0.403 e. The summed E-state index contributed by atoms with van der Waals surface area (Å²) in [5.74, 6) is 0.290. The molecule has 5 nitrogen and oxygen atoms in total. The highest BCUT2D eigenvalue weighted by Crippen LogP contribution is 2.20. The van der Waals surface area contributed by atoms with E-state index < -0.39 is 0 Å². The lowest BCUT2D eigenvalue weighted by molar-refractivity contribution is -0.116. The van der Waals surface area contributed by atoms with Crippen molar-refractivity contribution in [3.8, 4) is 11.5 Å². The summed E-state index contributed by atoms with van der Waals surface area (Å²) >= 11 is 0. The fourth-order valence-corrected chi connectivity index (χ4v) is 1.50. The van der Waals surface area contributed by atoms with Gasteiger partial charge in [0.25, 0.3) is 0 Å². The van der Waals surface area contributed by atoms with Crippen molar-refractivity contribution in [3.63, 3.8) is 0 Å². The van der Waals surface area contributed by atoms with Crippen molar-refractivity contribution in [2.45, 2.75) is 26.7 Å². The minimum atomic E-state index is -0.114. The summed E-state index contributed by atoms with van der Waals surface area (Å²) in [4.78, 5) is 11.4. The molecule has 0 spiro atoms. The topological polar surface area (TPSA) is 68.0 Å². The normalized spacial score (nSPS) is 10.3. The molecule has 0 unspecified atom stereocenters. The summed E-state index contributed by atoms with van der Waals surface area (Å²) in [6.45, 7) is 3.94. The maximum atomic E-state index is 11.4. The van der Waals surface area contributed by atoms with Gasteiger partial charge in [-0.1, -0.05) is 29.7 Å². The molecule has 0 fully saturated rings. The highest BCUT2D eigenvalue weighted by Gasteiger charge is 2.10. The quantitative estimate of drug-likeness (QED) is 0.899. The molecule has 1 aromatic carbocycles. The molecule has 0 radical (unpaired) electrons. The van der Waals surface area contributed by atoms with Crippen molar-refractivity contribution < 1.29 is 9.21 Å². The van der Waals surface area contributed by atoms with Gasteiger partial charge < -0.3 is 4.42 Å². The molecular weight excluding hydrogens is 230 g/mol. The number of anilines is 1. The molecule has 1 N–H and O–H groups in total. The Balaban J connectivity index is 2.10. The number of carbonyl (C=O) groups is 1. The molecular formula is C13H15N3O2. The standard InChI is InChI=1S/C13H15N3O2/c1-3-4-11(17)14-13-16-15-12(18-13)10-7-5-9(2)6-8-10/h5-8H,3-4H2,1-2H3,(H,14,16,17). The van der Waals surface area contributed by atoms with E-state index in [0.717, 1.165) is 17.5 Å². The SMILES string of the molecule is CCCC(=O)Nc1nnc(-c2ccc(C)cc2)o1. The van der Waals surface area contributed by atoms with Crippen LogP contribution in [0.3, 0.4) is 0 Å².